The van der Waals surface area contributed by atoms with Gasteiger partial charge in [-0.1, -0.05) is 29.5 Å². The monoisotopic (exact) mass is 215 g/mol. The Balaban J connectivity index is 2.27. The van der Waals surface area contributed by atoms with Crippen molar-refractivity contribution < 1.29 is 0 Å². The van der Waals surface area contributed by atoms with Gasteiger partial charge < -0.3 is 10.7 Å². The second-order valence-corrected chi connectivity index (χ2v) is 4.37. The van der Waals surface area contributed by atoms with Crippen LogP contribution in [0, 0.1) is 0 Å². The van der Waals surface area contributed by atoms with Gasteiger partial charge in [-0.05, 0) is 6.07 Å². The highest BCUT2D eigenvalue weighted by molar-refractivity contribution is 7.18. The summed E-state index contributed by atoms with van der Waals surface area (Å²) in [5.74, 6) is 0. The van der Waals surface area contributed by atoms with Crippen LogP contribution in [0.5, 0.6) is 0 Å². The van der Waals surface area contributed by atoms with Gasteiger partial charge in [-0.25, -0.2) is 4.98 Å². The molecule has 0 bridgehead atoms. The van der Waals surface area contributed by atoms with Crippen LogP contribution in [0.4, 0.5) is 5.13 Å². The van der Waals surface area contributed by atoms with Crippen molar-refractivity contribution in [1.29, 1.82) is 0 Å². The first-order valence-electron chi connectivity index (χ1n) is 4.62. The molecule has 4 heteroatoms. The fraction of sp³-hybridized carbons (Fsp3) is 0. The average Bonchev–Trinajstić information content (AvgIpc) is 2.83. The Morgan fingerprint density at radius 3 is 2.93 bits per heavy atom. The molecule has 0 fully saturated rings. The molecule has 0 unspecified atom stereocenters. The number of para-hydroxylation sites is 1. The number of nitrogens with one attached hydrogen (secondary N) is 1. The molecule has 0 aliphatic rings. The van der Waals surface area contributed by atoms with Crippen LogP contribution in [0.1, 0.15) is 0 Å². The number of fused-ring (bicyclic) bond motifs is 1. The summed E-state index contributed by atoms with van der Waals surface area (Å²) < 4.78 is 0. The van der Waals surface area contributed by atoms with Gasteiger partial charge >= 0.3 is 0 Å². The molecule has 0 saturated carbocycles. The van der Waals surface area contributed by atoms with Crippen molar-refractivity contribution in [3.05, 3.63) is 36.7 Å². The van der Waals surface area contributed by atoms with Crippen molar-refractivity contribution in [3.8, 4) is 10.4 Å². The normalized spacial score (nSPS) is 10.9. The number of aromatic amines is 1. The lowest BCUT2D eigenvalue weighted by Gasteiger charge is -1.92. The third kappa shape index (κ3) is 1.30. The molecule has 0 amide bonds. The number of hydrogen-bond acceptors (Lipinski definition) is 3. The zero-order valence-electron chi connectivity index (χ0n) is 7.90. The fourth-order valence-corrected chi connectivity index (χ4v) is 2.40. The van der Waals surface area contributed by atoms with Crippen molar-refractivity contribution in [2.24, 2.45) is 0 Å². The van der Waals surface area contributed by atoms with Gasteiger partial charge in [0.25, 0.3) is 0 Å². The number of hydrogen-bond donors (Lipinski definition) is 2. The molecule has 2 aromatic heterocycles. The lowest BCUT2D eigenvalue weighted by Crippen LogP contribution is -1.77. The zero-order valence-corrected chi connectivity index (χ0v) is 8.71. The van der Waals surface area contributed by atoms with Crippen LogP contribution in [0.25, 0.3) is 21.3 Å². The van der Waals surface area contributed by atoms with E-state index in [0.717, 1.165) is 10.4 Å². The van der Waals surface area contributed by atoms with Gasteiger partial charge in [0.2, 0.25) is 0 Å². The predicted octanol–water partition coefficient (Wildman–Crippen LogP) is 2.87. The Labute approximate surface area is 90.6 Å². The lowest BCUT2D eigenvalue weighted by atomic mass is 10.1. The molecule has 1 aromatic carbocycles. The van der Waals surface area contributed by atoms with Crippen LogP contribution in [0.15, 0.2) is 36.7 Å². The fourth-order valence-electron chi connectivity index (χ4n) is 1.69. The van der Waals surface area contributed by atoms with E-state index in [2.05, 4.69) is 22.1 Å². The summed E-state index contributed by atoms with van der Waals surface area (Å²) in [4.78, 5) is 8.40. The Bertz CT molecular complexity index is 609. The van der Waals surface area contributed by atoms with Crippen LogP contribution >= 0.6 is 11.3 Å². The van der Waals surface area contributed by atoms with E-state index in [1.165, 1.54) is 22.3 Å². The third-order valence-electron chi connectivity index (χ3n) is 2.38. The number of H-pyrrole nitrogens is 1. The maximum absolute atomic E-state index is 5.63. The van der Waals surface area contributed by atoms with Crippen molar-refractivity contribution in [2.75, 3.05) is 5.73 Å². The van der Waals surface area contributed by atoms with Gasteiger partial charge in [0.05, 0.1) is 4.88 Å². The van der Waals surface area contributed by atoms with E-state index >= 15 is 0 Å². The van der Waals surface area contributed by atoms with Crippen LogP contribution in [0.2, 0.25) is 0 Å². The van der Waals surface area contributed by atoms with Crippen molar-refractivity contribution >= 4 is 27.4 Å². The summed E-state index contributed by atoms with van der Waals surface area (Å²) in [6, 6.07) is 8.20. The second kappa shape index (κ2) is 3.10. The molecule has 3 N–H and O–H groups in total. The summed E-state index contributed by atoms with van der Waals surface area (Å²) in [5.41, 5.74) is 7.93. The van der Waals surface area contributed by atoms with Gasteiger partial charge in [-0.3, -0.25) is 0 Å². The van der Waals surface area contributed by atoms with Gasteiger partial charge in [0.15, 0.2) is 5.13 Å². The van der Waals surface area contributed by atoms with Crippen LogP contribution in [-0.2, 0) is 0 Å². The average molecular weight is 215 g/mol. The van der Waals surface area contributed by atoms with Gasteiger partial charge in [-0.2, -0.15) is 0 Å². The molecule has 0 aliphatic heterocycles. The van der Waals surface area contributed by atoms with Crippen LogP contribution in [-0.4, -0.2) is 9.97 Å². The van der Waals surface area contributed by atoms with E-state index in [-0.39, 0.29) is 0 Å². The summed E-state index contributed by atoms with van der Waals surface area (Å²) in [6.07, 6.45) is 3.81. The minimum Gasteiger partial charge on any atom is -0.375 e. The zero-order chi connectivity index (χ0) is 10.3. The van der Waals surface area contributed by atoms with Gasteiger partial charge in [0.1, 0.15) is 0 Å². The quantitative estimate of drug-likeness (QED) is 0.655. The summed E-state index contributed by atoms with van der Waals surface area (Å²) in [6.45, 7) is 0. The number of thiazole rings is 1. The molecule has 0 radical (unpaired) electrons. The van der Waals surface area contributed by atoms with E-state index in [1.54, 1.807) is 0 Å². The topological polar surface area (TPSA) is 54.7 Å². The molecule has 0 saturated heterocycles. The van der Waals surface area contributed by atoms with Crippen LogP contribution in [0.3, 0.4) is 0 Å². The molecule has 3 rings (SSSR count). The minimum atomic E-state index is 0.607. The highest BCUT2D eigenvalue weighted by atomic mass is 32.1. The SMILES string of the molecule is Nc1ncc(-c2c[nH]c3ccccc23)s1. The number of rotatable bonds is 1. The number of benzene rings is 1. The van der Waals surface area contributed by atoms with Crippen molar-refractivity contribution in [2.45, 2.75) is 0 Å². The number of nitrogen functional groups attached to an aromatic ring is 1. The molecule has 3 aromatic rings. The summed E-state index contributed by atoms with van der Waals surface area (Å²) >= 11 is 1.51. The van der Waals surface area contributed by atoms with E-state index in [0.29, 0.717) is 5.13 Å². The Kier molecular flexibility index (Phi) is 1.76. The first-order chi connectivity index (χ1) is 7.34. The van der Waals surface area contributed by atoms with Gasteiger partial charge in [0, 0.05) is 28.9 Å². The van der Waals surface area contributed by atoms with Crippen LogP contribution < -0.4 is 5.73 Å². The molecular formula is C11H9N3S. The minimum absolute atomic E-state index is 0.607. The lowest BCUT2D eigenvalue weighted by molar-refractivity contribution is 1.42. The van der Waals surface area contributed by atoms with E-state index in [4.69, 9.17) is 5.73 Å². The Morgan fingerprint density at radius 2 is 2.13 bits per heavy atom. The largest absolute Gasteiger partial charge is 0.375 e. The molecule has 3 nitrogen and oxygen atoms in total. The van der Waals surface area contributed by atoms with E-state index < -0.39 is 0 Å². The maximum Gasteiger partial charge on any atom is 0.180 e. The number of nitrogens with zero attached hydrogens (tertiary/aromatic N) is 1. The standard InChI is InChI=1S/C11H9N3S/c12-11-14-6-10(15-11)8-5-13-9-4-2-1-3-7(8)9/h1-6,13H,(H2,12,14). The third-order valence-corrected chi connectivity index (χ3v) is 3.24. The second-order valence-electron chi connectivity index (χ2n) is 3.31. The Hall–Kier alpha value is -1.81. The summed E-state index contributed by atoms with van der Waals surface area (Å²) in [5, 5.41) is 1.82. The predicted molar refractivity (Wildman–Crippen MR) is 63.8 cm³/mol. The summed E-state index contributed by atoms with van der Waals surface area (Å²) in [7, 11) is 0. The smallest absolute Gasteiger partial charge is 0.180 e. The van der Waals surface area contributed by atoms with E-state index in [9.17, 15) is 0 Å². The molecular weight excluding hydrogens is 206 g/mol. The van der Waals surface area contributed by atoms with Crippen molar-refractivity contribution in [1.82, 2.24) is 9.97 Å². The molecule has 2 heterocycles. The molecule has 0 spiro atoms. The number of aromatic nitrogens is 2. The first-order valence-corrected chi connectivity index (χ1v) is 5.44. The highest BCUT2D eigenvalue weighted by Gasteiger charge is 2.07. The number of anilines is 1. The van der Waals surface area contributed by atoms with E-state index in [1.807, 2.05) is 24.5 Å². The molecule has 15 heavy (non-hydrogen) atoms. The van der Waals surface area contributed by atoms with Gasteiger partial charge in [-0.15, -0.1) is 0 Å². The van der Waals surface area contributed by atoms with Crippen molar-refractivity contribution in [3.63, 3.8) is 0 Å². The molecule has 74 valence electrons. The highest BCUT2D eigenvalue weighted by Crippen LogP contribution is 2.32. The molecule has 0 aliphatic carbocycles. The first kappa shape index (κ1) is 8.49. The number of nitrogens with two attached hydrogens (primary N) is 1. The molecule has 0 atom stereocenters. The Morgan fingerprint density at radius 1 is 1.27 bits per heavy atom. The maximum atomic E-state index is 5.63.